The molecule has 0 atom stereocenters. The Bertz CT molecular complexity index is 623. The van der Waals surface area contributed by atoms with Crippen molar-refractivity contribution in [3.63, 3.8) is 0 Å². The monoisotopic (exact) mass is 271 g/mol. The lowest BCUT2D eigenvalue weighted by atomic mass is 10.3. The summed E-state index contributed by atoms with van der Waals surface area (Å²) in [5, 5.41) is 20.2. The van der Waals surface area contributed by atoms with Crippen LogP contribution in [0, 0.1) is 22.7 Å². The summed E-state index contributed by atoms with van der Waals surface area (Å²) in [6.07, 6.45) is 1.27. The van der Waals surface area contributed by atoms with Gasteiger partial charge in [0.15, 0.2) is 17.2 Å². The molecule has 0 fully saturated rings. The van der Waals surface area contributed by atoms with E-state index in [1.807, 2.05) is 0 Å². The summed E-state index contributed by atoms with van der Waals surface area (Å²) in [6, 6.07) is 8.56. The van der Waals surface area contributed by atoms with Crippen LogP contribution in [0.25, 0.3) is 0 Å². The molecular formula is C13H13N5O2. The van der Waals surface area contributed by atoms with Gasteiger partial charge < -0.3 is 20.5 Å². The highest BCUT2D eigenvalue weighted by molar-refractivity contribution is 5.78. The number of ether oxygens (including phenoxy) is 2. The summed E-state index contributed by atoms with van der Waals surface area (Å²) >= 11 is 0. The maximum absolute atomic E-state index is 8.76. The normalized spacial score (nSPS) is 11.2. The first kappa shape index (κ1) is 14.9. The standard InChI is InChI=1S/C13H13N5O2/c1-19-12-4-3-9(5-13(12)20-2)17-8-18-11(7-15)10(16)6-14/h3-5,8H,16H2,1-2H3,(H,17,18). The number of benzene rings is 1. The lowest BCUT2D eigenvalue weighted by Crippen LogP contribution is -2.00. The maximum atomic E-state index is 8.76. The Morgan fingerprint density at radius 1 is 1.25 bits per heavy atom. The van der Waals surface area contributed by atoms with Crippen LogP contribution in [0.5, 0.6) is 11.5 Å². The highest BCUT2D eigenvalue weighted by Crippen LogP contribution is 2.29. The topological polar surface area (TPSA) is 116 Å². The van der Waals surface area contributed by atoms with Crippen molar-refractivity contribution in [1.29, 1.82) is 10.5 Å². The largest absolute Gasteiger partial charge is 0.493 e. The second kappa shape index (κ2) is 7.29. The molecule has 0 unspecified atom stereocenters. The van der Waals surface area contributed by atoms with Gasteiger partial charge in [0.05, 0.1) is 20.6 Å². The average Bonchev–Trinajstić information content (AvgIpc) is 2.50. The first-order chi connectivity index (χ1) is 9.65. The molecule has 7 heteroatoms. The molecule has 0 aliphatic carbocycles. The van der Waals surface area contributed by atoms with Crippen molar-refractivity contribution >= 4 is 12.0 Å². The third-order valence-corrected chi connectivity index (χ3v) is 2.29. The molecule has 0 saturated heterocycles. The Hall–Kier alpha value is -3.19. The molecule has 20 heavy (non-hydrogen) atoms. The van der Waals surface area contributed by atoms with Gasteiger partial charge in [-0.05, 0) is 12.1 Å². The SMILES string of the molecule is COc1ccc(NC=NC(C#N)=C(N)C#N)cc1OC. The molecule has 0 bridgehead atoms. The van der Waals surface area contributed by atoms with E-state index in [1.54, 1.807) is 37.4 Å². The number of rotatable bonds is 5. The Morgan fingerprint density at radius 2 is 1.95 bits per heavy atom. The fourth-order valence-electron chi connectivity index (χ4n) is 1.31. The van der Waals surface area contributed by atoms with E-state index in [4.69, 9.17) is 25.7 Å². The third kappa shape index (κ3) is 3.65. The number of nitrogens with one attached hydrogen (secondary N) is 1. The number of allylic oxidation sites excluding steroid dienone is 2. The van der Waals surface area contributed by atoms with E-state index in [-0.39, 0.29) is 11.4 Å². The van der Waals surface area contributed by atoms with Crippen LogP contribution < -0.4 is 20.5 Å². The fourth-order valence-corrected chi connectivity index (χ4v) is 1.31. The zero-order valence-electron chi connectivity index (χ0n) is 11.0. The number of nitrogens with zero attached hydrogens (tertiary/aromatic N) is 3. The number of nitrogens with two attached hydrogens (primary N) is 1. The molecule has 0 aliphatic heterocycles. The van der Waals surface area contributed by atoms with Crippen molar-refractivity contribution in [3.05, 3.63) is 29.6 Å². The molecule has 0 spiro atoms. The van der Waals surface area contributed by atoms with Crippen LogP contribution in [-0.4, -0.2) is 20.6 Å². The highest BCUT2D eigenvalue weighted by Gasteiger charge is 2.03. The summed E-state index contributed by atoms with van der Waals surface area (Å²) in [4.78, 5) is 3.77. The van der Waals surface area contributed by atoms with E-state index in [1.165, 1.54) is 13.4 Å². The Kier molecular flexibility index (Phi) is 5.42. The zero-order valence-corrected chi connectivity index (χ0v) is 11.0. The number of anilines is 1. The highest BCUT2D eigenvalue weighted by atomic mass is 16.5. The first-order valence-electron chi connectivity index (χ1n) is 5.47. The Labute approximate surface area is 116 Å². The molecule has 0 saturated carbocycles. The molecule has 7 nitrogen and oxygen atoms in total. The van der Waals surface area contributed by atoms with Gasteiger partial charge in [-0.3, -0.25) is 0 Å². The molecule has 0 radical (unpaired) electrons. The van der Waals surface area contributed by atoms with Crippen molar-refractivity contribution in [2.24, 2.45) is 10.7 Å². The third-order valence-electron chi connectivity index (χ3n) is 2.29. The van der Waals surface area contributed by atoms with E-state index in [2.05, 4.69) is 10.3 Å². The molecule has 1 rings (SSSR count). The van der Waals surface area contributed by atoms with Gasteiger partial charge in [0.1, 0.15) is 17.8 Å². The van der Waals surface area contributed by atoms with Crippen molar-refractivity contribution in [2.75, 3.05) is 19.5 Å². The molecule has 0 amide bonds. The number of nitriles is 2. The summed E-state index contributed by atoms with van der Waals surface area (Å²) in [6.45, 7) is 0. The first-order valence-corrected chi connectivity index (χ1v) is 5.47. The molecule has 1 aromatic carbocycles. The number of hydrogen-bond donors (Lipinski definition) is 2. The predicted octanol–water partition coefficient (Wildman–Crippen LogP) is 1.36. The molecule has 0 aliphatic rings. The van der Waals surface area contributed by atoms with Gasteiger partial charge in [0, 0.05) is 11.8 Å². The summed E-state index contributed by atoms with van der Waals surface area (Å²) in [5.41, 5.74) is 5.60. The number of hydrogen-bond acceptors (Lipinski definition) is 6. The van der Waals surface area contributed by atoms with Gasteiger partial charge in [-0.15, -0.1) is 0 Å². The Balaban J connectivity index is 2.86. The van der Waals surface area contributed by atoms with E-state index in [0.717, 1.165) is 0 Å². The van der Waals surface area contributed by atoms with Gasteiger partial charge >= 0.3 is 0 Å². The predicted molar refractivity (Wildman–Crippen MR) is 74.1 cm³/mol. The van der Waals surface area contributed by atoms with E-state index >= 15 is 0 Å². The quantitative estimate of drug-likeness (QED) is 0.474. The number of aliphatic imine (C=N–C) groups is 1. The van der Waals surface area contributed by atoms with E-state index in [9.17, 15) is 0 Å². The van der Waals surface area contributed by atoms with E-state index in [0.29, 0.717) is 17.2 Å². The average molecular weight is 271 g/mol. The second-order valence-corrected chi connectivity index (χ2v) is 3.46. The second-order valence-electron chi connectivity index (χ2n) is 3.46. The van der Waals surface area contributed by atoms with Crippen LogP contribution >= 0.6 is 0 Å². The Morgan fingerprint density at radius 3 is 2.50 bits per heavy atom. The number of methoxy groups -OCH3 is 2. The minimum Gasteiger partial charge on any atom is -0.493 e. The van der Waals surface area contributed by atoms with Crippen molar-refractivity contribution < 1.29 is 9.47 Å². The van der Waals surface area contributed by atoms with Gasteiger partial charge in [-0.2, -0.15) is 10.5 Å². The summed E-state index contributed by atoms with van der Waals surface area (Å²) < 4.78 is 10.3. The van der Waals surface area contributed by atoms with Crippen LogP contribution in [0.4, 0.5) is 5.69 Å². The van der Waals surface area contributed by atoms with Gasteiger partial charge in [0.25, 0.3) is 0 Å². The molecule has 102 valence electrons. The fraction of sp³-hybridized carbons (Fsp3) is 0.154. The minimum absolute atomic E-state index is 0.152. The van der Waals surface area contributed by atoms with Crippen LogP contribution in [0.2, 0.25) is 0 Å². The van der Waals surface area contributed by atoms with Crippen LogP contribution in [0.3, 0.4) is 0 Å². The van der Waals surface area contributed by atoms with Crippen molar-refractivity contribution in [1.82, 2.24) is 0 Å². The van der Waals surface area contributed by atoms with Crippen molar-refractivity contribution in [2.45, 2.75) is 0 Å². The molecule has 3 N–H and O–H groups in total. The van der Waals surface area contributed by atoms with Gasteiger partial charge in [0.2, 0.25) is 0 Å². The summed E-state index contributed by atoms with van der Waals surface area (Å²) in [5.74, 6) is 1.15. The van der Waals surface area contributed by atoms with Crippen LogP contribution in [0.1, 0.15) is 0 Å². The van der Waals surface area contributed by atoms with E-state index < -0.39 is 0 Å². The van der Waals surface area contributed by atoms with Gasteiger partial charge in [-0.1, -0.05) is 0 Å². The summed E-state index contributed by atoms with van der Waals surface area (Å²) in [7, 11) is 3.07. The lowest BCUT2D eigenvalue weighted by Gasteiger charge is -2.08. The smallest absolute Gasteiger partial charge is 0.175 e. The van der Waals surface area contributed by atoms with Gasteiger partial charge in [-0.25, -0.2) is 4.99 Å². The minimum atomic E-state index is -0.238. The lowest BCUT2D eigenvalue weighted by molar-refractivity contribution is 0.355. The molecular weight excluding hydrogens is 258 g/mol. The maximum Gasteiger partial charge on any atom is 0.175 e. The molecule has 0 heterocycles. The van der Waals surface area contributed by atoms with Crippen molar-refractivity contribution in [3.8, 4) is 23.6 Å². The van der Waals surface area contributed by atoms with Crippen LogP contribution in [0.15, 0.2) is 34.6 Å². The zero-order chi connectivity index (χ0) is 15.0. The molecule has 1 aromatic rings. The molecule has 0 aromatic heterocycles. The van der Waals surface area contributed by atoms with Crippen LogP contribution in [-0.2, 0) is 0 Å².